The van der Waals surface area contributed by atoms with Gasteiger partial charge in [-0.3, -0.25) is 19.5 Å². The van der Waals surface area contributed by atoms with E-state index in [0.29, 0.717) is 25.6 Å². The maximum Gasteiger partial charge on any atom is 0.233 e. The molecule has 29 heavy (non-hydrogen) atoms. The third-order valence-corrected chi connectivity index (χ3v) is 6.57. The Morgan fingerprint density at radius 3 is 2.45 bits per heavy atom. The number of likely N-dealkylation sites (tertiary alicyclic amines) is 1. The Kier molecular flexibility index (Phi) is 5.19. The third kappa shape index (κ3) is 3.34. The fourth-order valence-corrected chi connectivity index (χ4v) is 5.24. The summed E-state index contributed by atoms with van der Waals surface area (Å²) in [6.45, 7) is 7.47. The smallest absolute Gasteiger partial charge is 0.233 e. The summed E-state index contributed by atoms with van der Waals surface area (Å²) in [5.74, 6) is 1.91. The molecule has 1 saturated heterocycles. The predicted molar refractivity (Wildman–Crippen MR) is 108 cm³/mol. The summed E-state index contributed by atoms with van der Waals surface area (Å²) in [6, 6.07) is 0. The number of aliphatic imine (C=N–C) groups is 1. The number of imide groups is 1. The van der Waals surface area contributed by atoms with Crippen molar-refractivity contribution in [2.45, 2.75) is 33.1 Å². The van der Waals surface area contributed by atoms with E-state index in [-0.39, 0.29) is 41.4 Å². The number of fused-ring (bicyclic) bond motifs is 5. The van der Waals surface area contributed by atoms with Crippen LogP contribution in [0.25, 0.3) is 0 Å². The van der Waals surface area contributed by atoms with Gasteiger partial charge in [-0.2, -0.15) is 0 Å². The van der Waals surface area contributed by atoms with Gasteiger partial charge in [-0.15, -0.1) is 0 Å². The Morgan fingerprint density at radius 2 is 1.90 bits per heavy atom. The summed E-state index contributed by atoms with van der Waals surface area (Å²) in [5, 5.41) is 10.5. The first kappa shape index (κ1) is 19.7. The number of allylic oxidation sites excluding steroid dienone is 2. The van der Waals surface area contributed by atoms with Gasteiger partial charge in [0.25, 0.3) is 0 Å². The standard InChI is InChI=1S/C21H29N5O3/c1-11(16-12(2)25-29-13(16)3)10-24-21(22-4)23-7-8-26-19(27)17-14-5-6-15(9-14)18(17)20(26)28/h5-6,11,14-15,17-18H,7-10H2,1-4H3,(H2,22,23,24). The second kappa shape index (κ2) is 7.65. The van der Waals surface area contributed by atoms with Crippen LogP contribution in [0.1, 0.15) is 36.3 Å². The van der Waals surface area contributed by atoms with Crippen LogP contribution in [0.5, 0.6) is 0 Å². The van der Waals surface area contributed by atoms with Crippen LogP contribution in [0, 0.1) is 37.5 Å². The van der Waals surface area contributed by atoms with Gasteiger partial charge in [0.15, 0.2) is 5.96 Å². The van der Waals surface area contributed by atoms with E-state index in [1.165, 1.54) is 4.90 Å². The van der Waals surface area contributed by atoms with Gasteiger partial charge in [0.05, 0.1) is 17.5 Å². The Bertz CT molecular complexity index is 824. The maximum absolute atomic E-state index is 12.7. The molecular formula is C21H29N5O3. The number of aryl methyl sites for hydroxylation is 2. The molecule has 2 amide bonds. The minimum atomic E-state index is -0.133. The molecule has 2 bridgehead atoms. The fraction of sp³-hybridized carbons (Fsp3) is 0.619. The molecule has 0 spiro atoms. The Morgan fingerprint density at radius 1 is 1.24 bits per heavy atom. The average Bonchev–Trinajstić information content (AvgIpc) is 3.44. The van der Waals surface area contributed by atoms with E-state index in [1.807, 2.05) is 13.8 Å². The van der Waals surface area contributed by atoms with E-state index in [2.05, 4.69) is 39.9 Å². The van der Waals surface area contributed by atoms with Crippen LogP contribution >= 0.6 is 0 Å². The zero-order chi connectivity index (χ0) is 20.7. The van der Waals surface area contributed by atoms with Crippen LogP contribution in [-0.4, -0.2) is 54.5 Å². The number of hydrogen-bond acceptors (Lipinski definition) is 5. The van der Waals surface area contributed by atoms with Gasteiger partial charge in [0, 0.05) is 38.2 Å². The number of hydrogen-bond donors (Lipinski definition) is 2. The second-order valence-corrected chi connectivity index (χ2v) is 8.35. The first-order chi connectivity index (χ1) is 13.9. The third-order valence-electron chi connectivity index (χ3n) is 6.57. The molecule has 5 unspecified atom stereocenters. The summed E-state index contributed by atoms with van der Waals surface area (Å²) in [6.07, 6.45) is 5.19. The van der Waals surface area contributed by atoms with Crippen molar-refractivity contribution >= 4 is 17.8 Å². The first-order valence-corrected chi connectivity index (χ1v) is 10.3. The minimum absolute atomic E-state index is 0.00590. The molecule has 2 fully saturated rings. The highest BCUT2D eigenvalue weighted by Crippen LogP contribution is 2.52. The number of rotatable bonds is 6. The first-order valence-electron chi connectivity index (χ1n) is 10.3. The zero-order valence-electron chi connectivity index (χ0n) is 17.4. The summed E-state index contributed by atoms with van der Waals surface area (Å²) in [5.41, 5.74) is 2.01. The van der Waals surface area contributed by atoms with Gasteiger partial charge in [0.2, 0.25) is 11.8 Å². The topological polar surface area (TPSA) is 99.8 Å². The highest BCUT2D eigenvalue weighted by Gasteiger charge is 2.58. The summed E-state index contributed by atoms with van der Waals surface area (Å²) >= 11 is 0. The fourth-order valence-electron chi connectivity index (χ4n) is 5.24. The molecule has 2 heterocycles. The molecule has 0 radical (unpaired) electrons. The lowest BCUT2D eigenvalue weighted by molar-refractivity contribution is -0.140. The van der Waals surface area contributed by atoms with Crippen LogP contribution in [0.3, 0.4) is 0 Å². The number of guanidine groups is 1. The summed E-state index contributed by atoms with van der Waals surface area (Å²) in [7, 11) is 1.70. The van der Waals surface area contributed by atoms with Crippen molar-refractivity contribution in [2.24, 2.45) is 28.7 Å². The van der Waals surface area contributed by atoms with Crippen molar-refractivity contribution in [3.05, 3.63) is 29.2 Å². The van der Waals surface area contributed by atoms with E-state index in [4.69, 9.17) is 4.52 Å². The minimum Gasteiger partial charge on any atom is -0.361 e. The van der Waals surface area contributed by atoms with E-state index < -0.39 is 0 Å². The van der Waals surface area contributed by atoms with Gasteiger partial charge in [-0.1, -0.05) is 24.2 Å². The molecule has 1 aliphatic heterocycles. The van der Waals surface area contributed by atoms with Crippen molar-refractivity contribution in [1.82, 2.24) is 20.7 Å². The largest absolute Gasteiger partial charge is 0.361 e. The molecule has 156 valence electrons. The van der Waals surface area contributed by atoms with Crippen molar-refractivity contribution in [2.75, 3.05) is 26.7 Å². The van der Waals surface area contributed by atoms with Crippen LogP contribution in [0.2, 0.25) is 0 Å². The lowest BCUT2D eigenvalue weighted by atomic mass is 9.85. The Balaban J connectivity index is 1.27. The number of amides is 2. The zero-order valence-corrected chi connectivity index (χ0v) is 17.4. The summed E-state index contributed by atoms with van der Waals surface area (Å²) in [4.78, 5) is 31.1. The molecule has 8 nitrogen and oxygen atoms in total. The quantitative estimate of drug-likeness (QED) is 0.324. The molecule has 4 rings (SSSR count). The predicted octanol–water partition coefficient (Wildman–Crippen LogP) is 1.37. The molecule has 3 aliphatic rings. The van der Waals surface area contributed by atoms with E-state index >= 15 is 0 Å². The normalized spacial score (nSPS) is 29.0. The highest BCUT2D eigenvalue weighted by molar-refractivity contribution is 6.06. The van der Waals surface area contributed by atoms with Crippen molar-refractivity contribution in [3.8, 4) is 0 Å². The lowest BCUT2D eigenvalue weighted by Gasteiger charge is -2.19. The molecule has 1 aromatic heterocycles. The maximum atomic E-state index is 12.7. The molecule has 1 saturated carbocycles. The van der Waals surface area contributed by atoms with Crippen LogP contribution in [0.15, 0.2) is 21.7 Å². The number of carbonyl (C=O) groups excluding carboxylic acids is 2. The van der Waals surface area contributed by atoms with E-state index in [0.717, 1.165) is 23.4 Å². The average molecular weight is 399 g/mol. The van der Waals surface area contributed by atoms with Crippen molar-refractivity contribution < 1.29 is 14.1 Å². The van der Waals surface area contributed by atoms with Gasteiger partial charge < -0.3 is 15.2 Å². The molecular weight excluding hydrogens is 370 g/mol. The molecule has 5 atom stereocenters. The number of aromatic nitrogens is 1. The molecule has 0 aromatic carbocycles. The lowest BCUT2D eigenvalue weighted by Crippen LogP contribution is -2.44. The number of nitrogens with one attached hydrogen (secondary N) is 2. The van der Waals surface area contributed by atoms with E-state index in [1.54, 1.807) is 7.05 Å². The molecule has 1 aromatic rings. The molecule has 8 heteroatoms. The van der Waals surface area contributed by atoms with Gasteiger partial charge in [-0.25, -0.2) is 0 Å². The van der Waals surface area contributed by atoms with Crippen molar-refractivity contribution in [1.29, 1.82) is 0 Å². The highest BCUT2D eigenvalue weighted by atomic mass is 16.5. The summed E-state index contributed by atoms with van der Waals surface area (Å²) < 4.78 is 5.24. The van der Waals surface area contributed by atoms with Gasteiger partial charge >= 0.3 is 0 Å². The molecule has 2 N–H and O–H groups in total. The van der Waals surface area contributed by atoms with Gasteiger partial charge in [0.1, 0.15) is 5.76 Å². The van der Waals surface area contributed by atoms with Crippen molar-refractivity contribution in [3.63, 3.8) is 0 Å². The van der Waals surface area contributed by atoms with Crippen LogP contribution in [-0.2, 0) is 9.59 Å². The SMILES string of the molecule is CN=C(NCCN1C(=O)C2C3C=CC(C3)C2C1=O)NCC(C)c1c(C)noc1C. The van der Waals surface area contributed by atoms with Crippen LogP contribution < -0.4 is 10.6 Å². The van der Waals surface area contributed by atoms with Crippen LogP contribution in [0.4, 0.5) is 0 Å². The van der Waals surface area contributed by atoms with Gasteiger partial charge in [-0.05, 0) is 32.1 Å². The molecule has 2 aliphatic carbocycles. The number of nitrogens with zero attached hydrogens (tertiary/aromatic N) is 3. The Labute approximate surface area is 170 Å². The number of carbonyl (C=O) groups is 2. The monoisotopic (exact) mass is 399 g/mol. The Hall–Kier alpha value is -2.64. The van der Waals surface area contributed by atoms with E-state index in [9.17, 15) is 9.59 Å². The second-order valence-electron chi connectivity index (χ2n) is 8.35.